The van der Waals surface area contributed by atoms with Gasteiger partial charge in [-0.25, -0.2) is 0 Å². The van der Waals surface area contributed by atoms with E-state index in [9.17, 15) is 0 Å². The summed E-state index contributed by atoms with van der Waals surface area (Å²) in [7, 11) is 0. The van der Waals surface area contributed by atoms with Gasteiger partial charge in [-0.15, -0.1) is 0 Å². The zero-order valence-electron chi connectivity index (χ0n) is 37.8. The molecule has 0 saturated carbocycles. The van der Waals surface area contributed by atoms with E-state index in [0.717, 1.165) is 33.9 Å². The van der Waals surface area contributed by atoms with Crippen LogP contribution in [0.4, 0.5) is 17.1 Å². The molecule has 0 fully saturated rings. The molecule has 0 radical (unpaired) electrons. The van der Waals surface area contributed by atoms with Crippen molar-refractivity contribution in [2.45, 2.75) is 5.41 Å². The van der Waals surface area contributed by atoms with Crippen LogP contribution in [0.2, 0.25) is 0 Å². The maximum Gasteiger partial charge on any atom is 0.0726 e. The fraction of sp³-hybridized carbons (Fsp3) is 0.0149. The molecular weight excluding hydrogens is 833 g/mol. The normalized spacial score (nSPS) is 12.8. The molecule has 0 atom stereocenters. The third-order valence-electron chi connectivity index (χ3n) is 14.8. The largest absolute Gasteiger partial charge is 0.310 e. The second kappa shape index (κ2) is 15.6. The van der Waals surface area contributed by atoms with Crippen LogP contribution in [-0.2, 0) is 5.41 Å². The van der Waals surface area contributed by atoms with Crippen LogP contribution in [0.5, 0.6) is 0 Å². The molecule has 1 spiro atoms. The molecule has 0 aliphatic heterocycles. The van der Waals surface area contributed by atoms with Crippen LogP contribution >= 0.6 is 0 Å². The van der Waals surface area contributed by atoms with Crippen LogP contribution < -0.4 is 4.90 Å². The third kappa shape index (κ3) is 5.86. The molecule has 1 heterocycles. The van der Waals surface area contributed by atoms with E-state index in [0.29, 0.717) is 0 Å². The molecule has 2 aliphatic rings. The van der Waals surface area contributed by atoms with Crippen LogP contribution in [0.1, 0.15) is 22.3 Å². The van der Waals surface area contributed by atoms with E-state index in [1.807, 2.05) is 0 Å². The first-order valence-corrected chi connectivity index (χ1v) is 23.9. The molecule has 1 aromatic heterocycles. The second-order valence-electron chi connectivity index (χ2n) is 18.4. The summed E-state index contributed by atoms with van der Waals surface area (Å²) >= 11 is 0. The van der Waals surface area contributed by atoms with Crippen LogP contribution in [0.25, 0.3) is 83.1 Å². The molecule has 0 bridgehead atoms. The summed E-state index contributed by atoms with van der Waals surface area (Å²) in [5.41, 5.74) is 23.9. The Labute approximate surface area is 402 Å². The number of nitrogens with zero attached hydrogens (tertiary/aromatic N) is 2. The summed E-state index contributed by atoms with van der Waals surface area (Å²) in [5, 5.41) is 2.50. The SMILES string of the molecule is c1ccc(-c2cc(-c3ccccc3)cc(N(c3ccc(-c4cccc5c4c4ccccc4n5-c4ccccc4)cc3)c3cccc4c3-c3ccccc3C43c4ccccc4-c4ccccc43)c2)cc1. The molecule has 2 nitrogen and oxygen atoms in total. The number of aromatic nitrogens is 1. The third-order valence-corrected chi connectivity index (χ3v) is 14.8. The van der Waals surface area contributed by atoms with Crippen molar-refractivity contribution in [3.8, 4) is 61.3 Å². The van der Waals surface area contributed by atoms with Crippen LogP contribution in [0, 0.1) is 0 Å². The Morgan fingerprint density at radius 3 is 1.45 bits per heavy atom. The summed E-state index contributed by atoms with van der Waals surface area (Å²) in [5.74, 6) is 0. The Morgan fingerprint density at radius 1 is 0.304 bits per heavy atom. The van der Waals surface area contributed by atoms with Crippen molar-refractivity contribution in [1.29, 1.82) is 0 Å². The minimum absolute atomic E-state index is 0.469. The summed E-state index contributed by atoms with van der Waals surface area (Å²) in [6, 6.07) is 98.6. The average molecular weight is 877 g/mol. The number of para-hydroxylation sites is 2. The molecule has 2 heteroatoms. The Hall–Kier alpha value is -8.98. The zero-order chi connectivity index (χ0) is 45.5. The minimum Gasteiger partial charge on any atom is -0.310 e. The highest BCUT2D eigenvalue weighted by molar-refractivity contribution is 6.16. The fourth-order valence-electron chi connectivity index (χ4n) is 12.0. The molecule has 12 aromatic rings. The van der Waals surface area contributed by atoms with Crippen molar-refractivity contribution in [2.24, 2.45) is 0 Å². The van der Waals surface area contributed by atoms with E-state index in [2.05, 4.69) is 276 Å². The molecule has 14 rings (SSSR count). The van der Waals surface area contributed by atoms with Gasteiger partial charge in [0.15, 0.2) is 0 Å². The maximum absolute atomic E-state index is 2.52. The van der Waals surface area contributed by atoms with E-state index < -0.39 is 5.41 Å². The molecule has 0 N–H and O–H groups in total. The molecule has 0 amide bonds. The molecule has 69 heavy (non-hydrogen) atoms. The minimum atomic E-state index is -0.469. The predicted molar refractivity (Wildman–Crippen MR) is 288 cm³/mol. The first kappa shape index (κ1) is 39.2. The summed E-state index contributed by atoms with van der Waals surface area (Å²) in [4.78, 5) is 2.52. The molecule has 0 saturated heterocycles. The fourth-order valence-corrected chi connectivity index (χ4v) is 12.0. The van der Waals surface area contributed by atoms with E-state index in [1.54, 1.807) is 0 Å². The van der Waals surface area contributed by atoms with Crippen molar-refractivity contribution >= 4 is 38.9 Å². The number of hydrogen-bond acceptors (Lipinski definition) is 1. The number of hydrogen-bond donors (Lipinski definition) is 0. The number of fused-ring (bicyclic) bond motifs is 13. The van der Waals surface area contributed by atoms with E-state index in [1.165, 1.54) is 88.6 Å². The van der Waals surface area contributed by atoms with Crippen molar-refractivity contribution in [2.75, 3.05) is 4.90 Å². The standard InChI is InChI=1S/C67H44N2/c1-4-20-45(21-5-1)48-42-49(46-22-6-2-7-23-46)44-52(43-48)68(51-40-38-47(39-41-51)53-30-18-36-63-65(53)57-29-13-17-35-62(57)69(63)50-24-8-3-9-25-50)64-37-19-34-61-66(64)56-28-12-16-33-60(56)67(61)58-31-14-10-26-54(58)55-27-11-15-32-59(55)67/h1-44H. The van der Waals surface area contributed by atoms with E-state index in [-0.39, 0.29) is 0 Å². The lowest BCUT2D eigenvalue weighted by Gasteiger charge is -2.32. The topological polar surface area (TPSA) is 8.17 Å². The predicted octanol–water partition coefficient (Wildman–Crippen LogP) is 17.6. The lowest BCUT2D eigenvalue weighted by atomic mass is 9.70. The van der Waals surface area contributed by atoms with E-state index in [4.69, 9.17) is 0 Å². The van der Waals surface area contributed by atoms with Crippen LogP contribution in [0.15, 0.2) is 267 Å². The highest BCUT2D eigenvalue weighted by atomic mass is 15.1. The van der Waals surface area contributed by atoms with Gasteiger partial charge in [-0.05, 0) is 133 Å². The summed E-state index contributed by atoms with van der Waals surface area (Å²) < 4.78 is 2.40. The first-order chi connectivity index (χ1) is 34.3. The smallest absolute Gasteiger partial charge is 0.0726 e. The Balaban J connectivity index is 1.02. The van der Waals surface area contributed by atoms with Crippen LogP contribution in [-0.4, -0.2) is 4.57 Å². The van der Waals surface area contributed by atoms with Gasteiger partial charge >= 0.3 is 0 Å². The highest BCUT2D eigenvalue weighted by Gasteiger charge is 2.52. The van der Waals surface area contributed by atoms with Gasteiger partial charge in [-0.3, -0.25) is 0 Å². The van der Waals surface area contributed by atoms with Crippen molar-refractivity contribution in [3.63, 3.8) is 0 Å². The van der Waals surface area contributed by atoms with E-state index >= 15 is 0 Å². The summed E-state index contributed by atoms with van der Waals surface area (Å²) in [6.07, 6.45) is 0. The Kier molecular flexibility index (Phi) is 8.84. The maximum atomic E-state index is 2.52. The molecule has 2 aliphatic carbocycles. The summed E-state index contributed by atoms with van der Waals surface area (Å²) in [6.45, 7) is 0. The molecule has 11 aromatic carbocycles. The second-order valence-corrected chi connectivity index (χ2v) is 18.4. The van der Waals surface area contributed by atoms with Gasteiger partial charge in [0.25, 0.3) is 0 Å². The average Bonchev–Trinajstić information content (AvgIpc) is 4.04. The van der Waals surface area contributed by atoms with Crippen LogP contribution in [0.3, 0.4) is 0 Å². The lowest BCUT2D eigenvalue weighted by Crippen LogP contribution is -2.26. The highest BCUT2D eigenvalue weighted by Crippen LogP contribution is 2.64. The van der Waals surface area contributed by atoms with Gasteiger partial charge in [-0.2, -0.15) is 0 Å². The molecular formula is C67H44N2. The molecule has 0 unspecified atom stereocenters. The van der Waals surface area contributed by atoms with Crippen molar-refractivity contribution < 1.29 is 0 Å². The first-order valence-electron chi connectivity index (χ1n) is 23.9. The Bertz CT molecular complexity index is 3840. The van der Waals surface area contributed by atoms with Gasteiger partial charge < -0.3 is 9.47 Å². The van der Waals surface area contributed by atoms with Gasteiger partial charge in [0, 0.05) is 33.4 Å². The quantitative estimate of drug-likeness (QED) is 0.155. The Morgan fingerprint density at radius 2 is 0.797 bits per heavy atom. The zero-order valence-corrected chi connectivity index (χ0v) is 37.8. The lowest BCUT2D eigenvalue weighted by molar-refractivity contribution is 0.794. The monoisotopic (exact) mass is 876 g/mol. The number of benzene rings is 11. The van der Waals surface area contributed by atoms with Gasteiger partial charge in [0.05, 0.1) is 22.1 Å². The number of anilines is 3. The van der Waals surface area contributed by atoms with Gasteiger partial charge in [-0.1, -0.05) is 206 Å². The van der Waals surface area contributed by atoms with Crippen molar-refractivity contribution in [3.05, 3.63) is 289 Å². The van der Waals surface area contributed by atoms with Crippen molar-refractivity contribution in [1.82, 2.24) is 4.57 Å². The van der Waals surface area contributed by atoms with Gasteiger partial charge in [0.1, 0.15) is 0 Å². The molecule has 322 valence electrons. The number of rotatable bonds is 7. The van der Waals surface area contributed by atoms with Gasteiger partial charge in [0.2, 0.25) is 0 Å².